The highest BCUT2D eigenvalue weighted by molar-refractivity contribution is 8.00. The molecular weight excluding hydrogens is 362 g/mol. The minimum Gasteiger partial charge on any atom is -0.320 e. The first-order chi connectivity index (χ1) is 13.0. The third-order valence-electron chi connectivity index (χ3n) is 4.18. The van der Waals surface area contributed by atoms with Gasteiger partial charge in [-0.25, -0.2) is 4.98 Å². The predicted molar refractivity (Wildman–Crippen MR) is 108 cm³/mol. The van der Waals surface area contributed by atoms with E-state index in [4.69, 9.17) is 4.98 Å². The standard InChI is InChI=1S/C20H19N3O3S/c1-3-14-11-15-8-6-7-13(2)19(15)22-20(14)27-12-18(24)21-16-9-4-5-10-17(16)23(25)26/h4-11H,3,12H2,1-2H3,(H,21,24). The molecule has 0 saturated carbocycles. The van der Waals surface area contributed by atoms with Crippen molar-refractivity contribution in [1.82, 2.24) is 4.98 Å². The summed E-state index contributed by atoms with van der Waals surface area (Å²) in [6.07, 6.45) is 0.811. The van der Waals surface area contributed by atoms with Gasteiger partial charge in [0.1, 0.15) is 10.7 Å². The van der Waals surface area contributed by atoms with Gasteiger partial charge in [0.25, 0.3) is 5.69 Å². The Morgan fingerprint density at radius 1 is 1.22 bits per heavy atom. The van der Waals surface area contributed by atoms with Crippen molar-refractivity contribution in [2.24, 2.45) is 0 Å². The summed E-state index contributed by atoms with van der Waals surface area (Å²) in [7, 11) is 0. The number of anilines is 1. The van der Waals surface area contributed by atoms with Gasteiger partial charge in [-0.1, -0.05) is 49.0 Å². The molecule has 6 nitrogen and oxygen atoms in total. The molecule has 0 spiro atoms. The van der Waals surface area contributed by atoms with Crippen molar-refractivity contribution in [2.75, 3.05) is 11.1 Å². The van der Waals surface area contributed by atoms with Crippen molar-refractivity contribution in [3.05, 3.63) is 69.8 Å². The van der Waals surface area contributed by atoms with Crippen LogP contribution >= 0.6 is 11.8 Å². The minimum atomic E-state index is -0.508. The Kier molecular flexibility index (Phi) is 5.71. The van der Waals surface area contributed by atoms with E-state index in [0.717, 1.165) is 33.5 Å². The molecule has 0 atom stereocenters. The topological polar surface area (TPSA) is 85.1 Å². The summed E-state index contributed by atoms with van der Waals surface area (Å²) in [6, 6.07) is 14.3. The van der Waals surface area contributed by atoms with Crippen LogP contribution in [-0.2, 0) is 11.2 Å². The number of rotatable bonds is 6. The lowest BCUT2D eigenvalue weighted by Gasteiger charge is -2.10. The van der Waals surface area contributed by atoms with Crippen LogP contribution in [0.15, 0.2) is 53.6 Å². The summed E-state index contributed by atoms with van der Waals surface area (Å²) < 4.78 is 0. The molecule has 0 aliphatic rings. The third-order valence-corrected chi connectivity index (χ3v) is 5.22. The van der Waals surface area contributed by atoms with Gasteiger partial charge in [-0.3, -0.25) is 14.9 Å². The Labute approximate surface area is 161 Å². The van der Waals surface area contributed by atoms with Crippen molar-refractivity contribution in [3.8, 4) is 0 Å². The molecule has 138 valence electrons. The smallest absolute Gasteiger partial charge is 0.292 e. The minimum absolute atomic E-state index is 0.121. The molecule has 0 aliphatic carbocycles. The average molecular weight is 381 g/mol. The van der Waals surface area contributed by atoms with E-state index in [1.54, 1.807) is 12.1 Å². The van der Waals surface area contributed by atoms with Gasteiger partial charge in [-0.15, -0.1) is 0 Å². The van der Waals surface area contributed by atoms with Crippen LogP contribution in [0.5, 0.6) is 0 Å². The highest BCUT2D eigenvalue weighted by atomic mass is 32.2. The highest BCUT2D eigenvalue weighted by Crippen LogP contribution is 2.28. The number of thioether (sulfide) groups is 1. The number of fused-ring (bicyclic) bond motifs is 1. The largest absolute Gasteiger partial charge is 0.320 e. The Bertz CT molecular complexity index is 1020. The van der Waals surface area contributed by atoms with Crippen LogP contribution in [0, 0.1) is 17.0 Å². The number of aryl methyl sites for hydroxylation is 2. The number of para-hydroxylation sites is 3. The van der Waals surface area contributed by atoms with Gasteiger partial charge in [-0.05, 0) is 36.6 Å². The molecule has 1 aromatic heterocycles. The molecule has 0 saturated heterocycles. The number of pyridine rings is 1. The zero-order chi connectivity index (χ0) is 19.4. The lowest BCUT2D eigenvalue weighted by molar-refractivity contribution is -0.383. The van der Waals surface area contributed by atoms with Gasteiger partial charge < -0.3 is 5.32 Å². The Morgan fingerprint density at radius 2 is 2.00 bits per heavy atom. The van der Waals surface area contributed by atoms with Crippen LogP contribution in [-0.4, -0.2) is 21.6 Å². The van der Waals surface area contributed by atoms with Crippen molar-refractivity contribution < 1.29 is 9.72 Å². The molecule has 1 N–H and O–H groups in total. The van der Waals surface area contributed by atoms with Gasteiger partial charge in [-0.2, -0.15) is 0 Å². The molecule has 3 rings (SSSR count). The number of nitrogens with one attached hydrogen (secondary N) is 1. The molecule has 0 bridgehead atoms. The van der Waals surface area contributed by atoms with Crippen molar-refractivity contribution in [3.63, 3.8) is 0 Å². The van der Waals surface area contributed by atoms with E-state index in [0.29, 0.717) is 0 Å². The van der Waals surface area contributed by atoms with E-state index < -0.39 is 4.92 Å². The molecule has 1 heterocycles. The molecular formula is C20H19N3O3S. The monoisotopic (exact) mass is 381 g/mol. The van der Waals surface area contributed by atoms with Crippen molar-refractivity contribution >= 4 is 39.9 Å². The second-order valence-corrected chi connectivity index (χ2v) is 7.03. The number of carbonyl (C=O) groups excluding carboxylic acids is 1. The number of aromatic nitrogens is 1. The molecule has 7 heteroatoms. The van der Waals surface area contributed by atoms with Gasteiger partial charge in [0.15, 0.2) is 0 Å². The van der Waals surface area contributed by atoms with Crippen LogP contribution in [0.25, 0.3) is 10.9 Å². The van der Waals surface area contributed by atoms with E-state index in [1.807, 2.05) is 25.1 Å². The first-order valence-corrected chi connectivity index (χ1v) is 9.53. The molecule has 0 fully saturated rings. The second-order valence-electron chi connectivity index (χ2n) is 6.06. The normalized spacial score (nSPS) is 10.7. The molecule has 0 radical (unpaired) electrons. The number of nitrogens with zero attached hydrogens (tertiary/aromatic N) is 2. The molecule has 0 unspecified atom stereocenters. The quantitative estimate of drug-likeness (QED) is 0.378. The highest BCUT2D eigenvalue weighted by Gasteiger charge is 2.16. The Balaban J connectivity index is 1.77. The van der Waals surface area contributed by atoms with Crippen LogP contribution < -0.4 is 5.32 Å². The van der Waals surface area contributed by atoms with Crippen LogP contribution in [0.4, 0.5) is 11.4 Å². The lowest BCUT2D eigenvalue weighted by Crippen LogP contribution is -2.15. The van der Waals surface area contributed by atoms with Crippen LogP contribution in [0.3, 0.4) is 0 Å². The molecule has 0 aliphatic heterocycles. The van der Waals surface area contributed by atoms with E-state index >= 15 is 0 Å². The first-order valence-electron chi connectivity index (χ1n) is 8.55. The Hall–Kier alpha value is -2.93. The zero-order valence-electron chi connectivity index (χ0n) is 15.1. The maximum Gasteiger partial charge on any atom is 0.292 e. The summed E-state index contributed by atoms with van der Waals surface area (Å²) >= 11 is 1.34. The number of carbonyl (C=O) groups is 1. The number of nitro benzene ring substituents is 1. The number of hydrogen-bond donors (Lipinski definition) is 1. The number of nitro groups is 1. The van der Waals surface area contributed by atoms with Gasteiger partial charge in [0.2, 0.25) is 5.91 Å². The molecule has 27 heavy (non-hydrogen) atoms. The number of benzene rings is 2. The summed E-state index contributed by atoms with van der Waals surface area (Å²) in [5, 5.41) is 15.6. The van der Waals surface area contributed by atoms with Gasteiger partial charge in [0, 0.05) is 11.5 Å². The van der Waals surface area contributed by atoms with Gasteiger partial charge in [0.05, 0.1) is 16.2 Å². The van der Waals surface area contributed by atoms with E-state index in [-0.39, 0.29) is 23.0 Å². The summed E-state index contributed by atoms with van der Waals surface area (Å²) in [6.45, 7) is 4.06. The fraction of sp³-hybridized carbons (Fsp3) is 0.200. The Morgan fingerprint density at radius 3 is 2.74 bits per heavy atom. The molecule has 1 amide bonds. The number of hydrogen-bond acceptors (Lipinski definition) is 5. The lowest BCUT2D eigenvalue weighted by atomic mass is 10.1. The third kappa shape index (κ3) is 4.25. The average Bonchev–Trinajstić information content (AvgIpc) is 2.66. The predicted octanol–water partition coefficient (Wildman–Crippen LogP) is 4.74. The zero-order valence-corrected chi connectivity index (χ0v) is 15.9. The molecule has 2 aromatic carbocycles. The fourth-order valence-electron chi connectivity index (χ4n) is 2.81. The van der Waals surface area contributed by atoms with Crippen LogP contribution in [0.2, 0.25) is 0 Å². The SMILES string of the molecule is CCc1cc2cccc(C)c2nc1SCC(=O)Nc1ccccc1[N+](=O)[O-]. The maximum absolute atomic E-state index is 12.3. The van der Waals surface area contributed by atoms with E-state index in [1.165, 1.54) is 23.9 Å². The van der Waals surface area contributed by atoms with Crippen LogP contribution in [0.1, 0.15) is 18.1 Å². The molecule has 3 aromatic rings. The second kappa shape index (κ2) is 8.18. The van der Waals surface area contributed by atoms with E-state index in [9.17, 15) is 14.9 Å². The maximum atomic E-state index is 12.3. The summed E-state index contributed by atoms with van der Waals surface area (Å²) in [5.41, 5.74) is 3.17. The summed E-state index contributed by atoms with van der Waals surface area (Å²) in [4.78, 5) is 27.6. The fourth-order valence-corrected chi connectivity index (χ4v) is 3.70. The van der Waals surface area contributed by atoms with E-state index in [2.05, 4.69) is 18.3 Å². The number of amides is 1. The first kappa shape index (κ1) is 18.8. The van der Waals surface area contributed by atoms with Crippen molar-refractivity contribution in [1.29, 1.82) is 0 Å². The van der Waals surface area contributed by atoms with Gasteiger partial charge >= 0.3 is 0 Å². The summed E-state index contributed by atoms with van der Waals surface area (Å²) in [5.74, 6) is -0.174. The van der Waals surface area contributed by atoms with Crippen molar-refractivity contribution in [2.45, 2.75) is 25.3 Å².